The SMILES string of the molecule is CC(C)(C)OC(=O)N1C[C@H](NOCc2ccccc2)CC[C@]1(C(=O)O)N1C(=O)[C@@H]2[C@H](C1=O)[C@@H]1C=C[C@H]2C1. The Bertz CT molecular complexity index is 1100. The number of hydroxylamine groups is 1. The highest BCUT2D eigenvalue weighted by Crippen LogP contribution is 2.54. The first kappa shape index (κ1) is 25.4. The highest BCUT2D eigenvalue weighted by Gasteiger charge is 2.68. The number of carbonyl (C=O) groups is 4. The fourth-order valence-corrected chi connectivity index (χ4v) is 6.25. The fraction of sp³-hybridized carbons (Fsp3) is 0.556. The molecular weight excluding hydrogens is 478 g/mol. The molecule has 2 N–H and O–H groups in total. The second-order valence-electron chi connectivity index (χ2n) is 11.4. The predicted octanol–water partition coefficient (Wildman–Crippen LogP) is 2.70. The van der Waals surface area contributed by atoms with Crippen LogP contribution in [-0.2, 0) is 30.6 Å². The van der Waals surface area contributed by atoms with Gasteiger partial charge in [-0.3, -0.25) is 19.3 Å². The number of nitrogens with zero attached hydrogens (tertiary/aromatic N) is 2. The number of imide groups is 1. The van der Waals surface area contributed by atoms with E-state index in [1.807, 2.05) is 42.5 Å². The number of amides is 3. The summed E-state index contributed by atoms with van der Waals surface area (Å²) in [5, 5.41) is 10.6. The topological polar surface area (TPSA) is 125 Å². The lowest BCUT2D eigenvalue weighted by atomic mass is 9.85. The summed E-state index contributed by atoms with van der Waals surface area (Å²) < 4.78 is 5.58. The zero-order chi connectivity index (χ0) is 26.5. The van der Waals surface area contributed by atoms with Crippen LogP contribution in [0, 0.1) is 23.7 Å². The van der Waals surface area contributed by atoms with Gasteiger partial charge in [0.15, 0.2) is 0 Å². The van der Waals surface area contributed by atoms with Gasteiger partial charge in [0, 0.05) is 13.0 Å². The van der Waals surface area contributed by atoms with Crippen molar-refractivity contribution in [3.05, 3.63) is 48.0 Å². The molecule has 6 atom stereocenters. The molecule has 37 heavy (non-hydrogen) atoms. The van der Waals surface area contributed by atoms with Crippen LogP contribution >= 0.6 is 0 Å². The van der Waals surface area contributed by atoms with E-state index in [9.17, 15) is 24.3 Å². The molecule has 10 nitrogen and oxygen atoms in total. The number of carboxylic acid groups (broad SMARTS) is 1. The van der Waals surface area contributed by atoms with E-state index in [2.05, 4.69) is 5.48 Å². The van der Waals surface area contributed by atoms with Gasteiger partial charge >= 0.3 is 12.1 Å². The second-order valence-corrected chi connectivity index (χ2v) is 11.4. The lowest BCUT2D eigenvalue weighted by Crippen LogP contribution is -2.73. The van der Waals surface area contributed by atoms with Crippen molar-refractivity contribution in [2.24, 2.45) is 23.7 Å². The largest absolute Gasteiger partial charge is 0.478 e. The highest BCUT2D eigenvalue weighted by molar-refractivity contribution is 6.10. The summed E-state index contributed by atoms with van der Waals surface area (Å²) in [7, 11) is 0. The Labute approximate surface area is 215 Å². The molecule has 3 fully saturated rings. The molecule has 5 rings (SSSR count). The van der Waals surface area contributed by atoms with E-state index in [4.69, 9.17) is 9.57 Å². The van der Waals surface area contributed by atoms with E-state index in [1.54, 1.807) is 20.8 Å². The third kappa shape index (κ3) is 4.31. The van der Waals surface area contributed by atoms with Gasteiger partial charge in [-0.05, 0) is 51.0 Å². The van der Waals surface area contributed by atoms with E-state index in [1.165, 1.54) is 0 Å². The second kappa shape index (κ2) is 9.25. The summed E-state index contributed by atoms with van der Waals surface area (Å²) in [6.45, 7) is 5.19. The number of hydrogen-bond donors (Lipinski definition) is 2. The molecule has 2 aliphatic carbocycles. The standard InChI is InChI=1S/C27H33N3O7/c1-26(2,3)37-25(35)29-14-19(28-36-15-16-7-5-4-6-8-16)11-12-27(29,24(33)34)30-22(31)20-17-9-10-18(13-17)21(20)23(30)32/h4-10,17-21,28H,11-15H2,1-3H3,(H,33,34)/t17-,18+,19-,20-,21+,27-/m1/s1. The smallest absolute Gasteiger partial charge is 0.412 e. The van der Waals surface area contributed by atoms with Gasteiger partial charge in [0.05, 0.1) is 24.5 Å². The zero-order valence-electron chi connectivity index (χ0n) is 21.3. The molecule has 0 radical (unpaired) electrons. The van der Waals surface area contributed by atoms with Crippen molar-refractivity contribution in [2.75, 3.05) is 6.54 Å². The van der Waals surface area contributed by atoms with Crippen molar-refractivity contribution in [3.63, 3.8) is 0 Å². The first-order valence-corrected chi connectivity index (χ1v) is 12.7. The molecule has 2 heterocycles. The van der Waals surface area contributed by atoms with Crippen molar-refractivity contribution >= 4 is 23.9 Å². The van der Waals surface area contributed by atoms with E-state index in [-0.39, 0.29) is 37.8 Å². The Kier molecular flexibility index (Phi) is 6.35. The van der Waals surface area contributed by atoms with Gasteiger partial charge in [-0.15, -0.1) is 0 Å². The molecule has 10 heteroatoms. The number of rotatable bonds is 6. The van der Waals surface area contributed by atoms with Crippen LogP contribution in [0.15, 0.2) is 42.5 Å². The molecule has 4 aliphatic rings. The molecule has 0 spiro atoms. The molecule has 2 bridgehead atoms. The number of allylic oxidation sites excluding steroid dienone is 2. The van der Waals surface area contributed by atoms with Crippen LogP contribution in [0.4, 0.5) is 4.79 Å². The van der Waals surface area contributed by atoms with Crippen LogP contribution in [-0.4, -0.2) is 62.6 Å². The molecular formula is C27H33N3O7. The monoisotopic (exact) mass is 511 g/mol. The summed E-state index contributed by atoms with van der Waals surface area (Å²) in [5.41, 5.74) is 0.792. The van der Waals surface area contributed by atoms with Crippen LogP contribution in [0.3, 0.4) is 0 Å². The summed E-state index contributed by atoms with van der Waals surface area (Å²) in [6.07, 6.45) is 3.84. The molecule has 1 saturated carbocycles. The molecule has 3 amide bonds. The first-order valence-electron chi connectivity index (χ1n) is 12.7. The van der Waals surface area contributed by atoms with Gasteiger partial charge in [0.2, 0.25) is 17.5 Å². The van der Waals surface area contributed by atoms with Gasteiger partial charge in [-0.2, -0.15) is 5.48 Å². The lowest BCUT2D eigenvalue weighted by molar-refractivity contribution is -0.184. The van der Waals surface area contributed by atoms with Gasteiger partial charge in [0.25, 0.3) is 0 Å². The fourth-order valence-electron chi connectivity index (χ4n) is 6.25. The maximum atomic E-state index is 13.6. The number of piperidine rings is 1. The number of aliphatic carboxylic acids is 1. The van der Waals surface area contributed by atoms with Crippen molar-refractivity contribution in [3.8, 4) is 0 Å². The molecule has 2 saturated heterocycles. The number of likely N-dealkylation sites (tertiary alicyclic amines) is 2. The maximum absolute atomic E-state index is 13.6. The summed E-state index contributed by atoms with van der Waals surface area (Å²) in [6, 6.07) is 9.08. The number of fused-ring (bicyclic) bond motifs is 5. The third-order valence-electron chi connectivity index (χ3n) is 7.82. The average Bonchev–Trinajstić information content (AvgIpc) is 3.52. The van der Waals surface area contributed by atoms with E-state index in [0.717, 1.165) is 21.8 Å². The number of ether oxygens (including phenoxy) is 1. The minimum absolute atomic E-state index is 0.0818. The minimum atomic E-state index is -2.17. The Balaban J connectivity index is 1.42. The van der Waals surface area contributed by atoms with E-state index >= 15 is 0 Å². The van der Waals surface area contributed by atoms with E-state index < -0.39 is 53.0 Å². The molecule has 0 aromatic heterocycles. The Morgan fingerprint density at radius 1 is 1.08 bits per heavy atom. The maximum Gasteiger partial charge on any atom is 0.412 e. The summed E-state index contributed by atoms with van der Waals surface area (Å²) in [5.74, 6) is -3.79. The summed E-state index contributed by atoms with van der Waals surface area (Å²) >= 11 is 0. The third-order valence-corrected chi connectivity index (χ3v) is 7.82. The Hall–Kier alpha value is -3.24. The van der Waals surface area contributed by atoms with E-state index in [0.29, 0.717) is 0 Å². The molecule has 0 unspecified atom stereocenters. The van der Waals surface area contributed by atoms with Crippen LogP contribution in [0.5, 0.6) is 0 Å². The molecule has 2 aliphatic heterocycles. The average molecular weight is 512 g/mol. The number of carboxylic acids is 1. The van der Waals surface area contributed by atoms with Crippen molar-refractivity contribution in [1.29, 1.82) is 0 Å². The number of carbonyl (C=O) groups excluding carboxylic acids is 3. The van der Waals surface area contributed by atoms with Crippen molar-refractivity contribution in [2.45, 2.75) is 63.9 Å². The highest BCUT2D eigenvalue weighted by atomic mass is 16.6. The quantitative estimate of drug-likeness (QED) is 0.339. The normalized spacial score (nSPS) is 32.7. The molecule has 1 aromatic rings. The zero-order valence-corrected chi connectivity index (χ0v) is 21.3. The van der Waals surface area contributed by atoms with Crippen LogP contribution < -0.4 is 5.48 Å². The van der Waals surface area contributed by atoms with Crippen molar-refractivity contribution < 1.29 is 33.9 Å². The molecule has 198 valence electrons. The van der Waals surface area contributed by atoms with Crippen molar-refractivity contribution in [1.82, 2.24) is 15.3 Å². The van der Waals surface area contributed by atoms with Crippen LogP contribution in [0.1, 0.15) is 45.6 Å². The van der Waals surface area contributed by atoms with Gasteiger partial charge < -0.3 is 9.84 Å². The number of hydrogen-bond acceptors (Lipinski definition) is 7. The number of benzene rings is 1. The predicted molar refractivity (Wildman–Crippen MR) is 130 cm³/mol. The first-order chi connectivity index (χ1) is 17.5. The van der Waals surface area contributed by atoms with Crippen LogP contribution in [0.25, 0.3) is 0 Å². The van der Waals surface area contributed by atoms with Gasteiger partial charge in [0.1, 0.15) is 5.60 Å². The van der Waals surface area contributed by atoms with Gasteiger partial charge in [-0.25, -0.2) is 14.5 Å². The Morgan fingerprint density at radius 2 is 1.70 bits per heavy atom. The Morgan fingerprint density at radius 3 is 2.27 bits per heavy atom. The summed E-state index contributed by atoms with van der Waals surface area (Å²) in [4.78, 5) is 61.3. The van der Waals surface area contributed by atoms with Crippen LogP contribution in [0.2, 0.25) is 0 Å². The van der Waals surface area contributed by atoms with Gasteiger partial charge in [-0.1, -0.05) is 42.5 Å². The molecule has 1 aromatic carbocycles. The number of nitrogens with one attached hydrogen (secondary N) is 1. The minimum Gasteiger partial charge on any atom is -0.478 e. The lowest BCUT2D eigenvalue weighted by Gasteiger charge is -2.49.